The maximum absolute atomic E-state index is 11.7. The Balaban J connectivity index is 2.66. The summed E-state index contributed by atoms with van der Waals surface area (Å²) in [5, 5.41) is 0. The normalized spacial score (nSPS) is 22.8. The fraction of sp³-hybridized carbons (Fsp3) is 0.909. The van der Waals surface area contributed by atoms with Gasteiger partial charge in [0.1, 0.15) is 0 Å². The number of carbonyl (C=O) groups is 1. The van der Waals surface area contributed by atoms with E-state index in [0.29, 0.717) is 0 Å². The van der Waals surface area contributed by atoms with E-state index >= 15 is 0 Å². The third-order valence-electron chi connectivity index (χ3n) is 2.90. The van der Waals surface area contributed by atoms with E-state index in [-0.39, 0.29) is 16.7 Å². The van der Waals surface area contributed by atoms with Gasteiger partial charge < -0.3 is 0 Å². The number of hydrogen-bond donors (Lipinski definition) is 2. The Morgan fingerprint density at radius 3 is 2.81 bits per heavy atom. The van der Waals surface area contributed by atoms with E-state index in [1.165, 1.54) is 0 Å². The lowest BCUT2D eigenvalue weighted by molar-refractivity contribution is -0.126. The van der Waals surface area contributed by atoms with Crippen molar-refractivity contribution in [3.63, 3.8) is 0 Å². The number of hydrogen-bond acceptors (Lipinski definition) is 4. The van der Waals surface area contributed by atoms with Crippen molar-refractivity contribution >= 4 is 17.7 Å². The number of nitrogens with one attached hydrogen (secondary N) is 1. The molecule has 3 N–H and O–H groups in total. The molecule has 1 atom stereocenters. The first-order chi connectivity index (χ1) is 7.50. The zero-order valence-corrected chi connectivity index (χ0v) is 11.3. The summed E-state index contributed by atoms with van der Waals surface area (Å²) >= 11 is 1.97. The molecule has 0 aromatic carbocycles. The van der Waals surface area contributed by atoms with Gasteiger partial charge in [0.05, 0.1) is 6.04 Å². The molecule has 0 bridgehead atoms. The van der Waals surface area contributed by atoms with Crippen LogP contribution < -0.4 is 11.3 Å². The highest BCUT2D eigenvalue weighted by Gasteiger charge is 2.33. The van der Waals surface area contributed by atoms with Gasteiger partial charge in [-0.3, -0.25) is 15.1 Å². The Morgan fingerprint density at radius 1 is 1.62 bits per heavy atom. The van der Waals surface area contributed by atoms with Crippen molar-refractivity contribution in [2.24, 2.45) is 5.84 Å². The second kappa shape index (κ2) is 5.89. The molecule has 1 amide bonds. The van der Waals surface area contributed by atoms with Crippen LogP contribution in [0.5, 0.6) is 0 Å². The van der Waals surface area contributed by atoms with Gasteiger partial charge in [-0.25, -0.2) is 5.84 Å². The minimum atomic E-state index is -0.0600. The van der Waals surface area contributed by atoms with Crippen molar-refractivity contribution in [1.82, 2.24) is 10.3 Å². The molecular formula is C11H23N3OS. The molecule has 1 heterocycles. The number of nitrogens with zero attached hydrogens (tertiary/aromatic N) is 1. The Hall–Kier alpha value is -0.260. The Morgan fingerprint density at radius 2 is 2.31 bits per heavy atom. The van der Waals surface area contributed by atoms with Crippen molar-refractivity contribution in [1.29, 1.82) is 0 Å². The quantitative estimate of drug-likeness (QED) is 0.440. The van der Waals surface area contributed by atoms with E-state index in [0.717, 1.165) is 31.7 Å². The first-order valence-corrected chi connectivity index (χ1v) is 6.87. The largest absolute Gasteiger partial charge is 0.293 e. The van der Waals surface area contributed by atoms with Crippen LogP contribution in [-0.4, -0.2) is 40.4 Å². The van der Waals surface area contributed by atoms with Gasteiger partial charge in [0.25, 0.3) is 5.91 Å². The molecule has 1 saturated heterocycles. The van der Waals surface area contributed by atoms with Gasteiger partial charge in [0.2, 0.25) is 0 Å². The molecule has 0 radical (unpaired) electrons. The first kappa shape index (κ1) is 13.8. The van der Waals surface area contributed by atoms with E-state index in [1.807, 2.05) is 11.8 Å². The van der Waals surface area contributed by atoms with Gasteiger partial charge in [0.15, 0.2) is 0 Å². The first-order valence-electron chi connectivity index (χ1n) is 5.88. The van der Waals surface area contributed by atoms with Gasteiger partial charge in [-0.2, -0.15) is 11.8 Å². The summed E-state index contributed by atoms with van der Waals surface area (Å²) in [6.45, 7) is 8.49. The van der Waals surface area contributed by atoms with Crippen molar-refractivity contribution in [3.05, 3.63) is 0 Å². The third kappa shape index (κ3) is 3.64. The summed E-state index contributed by atoms with van der Waals surface area (Å²) in [7, 11) is 0. The Labute approximate surface area is 102 Å². The molecule has 0 aliphatic carbocycles. The zero-order valence-electron chi connectivity index (χ0n) is 10.5. The number of rotatable bonds is 4. The monoisotopic (exact) mass is 245 g/mol. The van der Waals surface area contributed by atoms with Crippen molar-refractivity contribution in [3.8, 4) is 0 Å². The fourth-order valence-corrected chi connectivity index (χ4v) is 3.30. The van der Waals surface area contributed by atoms with Gasteiger partial charge in [-0.05, 0) is 20.3 Å². The lowest BCUT2D eigenvalue weighted by Gasteiger charge is -2.41. The average Bonchev–Trinajstić information content (AvgIpc) is 2.23. The number of hydrazine groups is 1. The molecule has 0 aromatic rings. The maximum Gasteiger partial charge on any atom is 0.251 e. The summed E-state index contributed by atoms with van der Waals surface area (Å²) in [4.78, 5) is 14.0. The summed E-state index contributed by atoms with van der Waals surface area (Å²) < 4.78 is 0.235. The molecule has 1 aliphatic heterocycles. The topological polar surface area (TPSA) is 58.4 Å². The standard InChI is InChI=1S/C11H23N3OS/c1-4-5-9(10(15)13-12)14-6-7-16-11(2,3)8-14/h9H,4-8,12H2,1-3H3,(H,13,15). The van der Waals surface area contributed by atoms with Gasteiger partial charge in [0, 0.05) is 23.6 Å². The number of carbonyl (C=O) groups excluding carboxylic acids is 1. The van der Waals surface area contributed by atoms with E-state index in [2.05, 4.69) is 31.1 Å². The molecule has 1 aliphatic rings. The number of amides is 1. The van der Waals surface area contributed by atoms with Gasteiger partial charge >= 0.3 is 0 Å². The Kier molecular flexibility index (Phi) is 5.08. The van der Waals surface area contributed by atoms with E-state index in [1.54, 1.807) is 0 Å². The molecule has 94 valence electrons. The van der Waals surface area contributed by atoms with E-state index < -0.39 is 0 Å². The van der Waals surface area contributed by atoms with Gasteiger partial charge in [-0.1, -0.05) is 13.3 Å². The molecule has 1 unspecified atom stereocenters. The Bertz CT molecular complexity index is 245. The SMILES string of the molecule is CCCC(C(=O)NN)N1CCSC(C)(C)C1. The lowest BCUT2D eigenvalue weighted by atomic mass is 10.1. The van der Waals surface area contributed by atoms with Crippen LogP contribution in [0.3, 0.4) is 0 Å². The average molecular weight is 245 g/mol. The van der Waals surface area contributed by atoms with Crippen LogP contribution in [0.4, 0.5) is 0 Å². The predicted octanol–water partition coefficient (Wildman–Crippen LogP) is 0.972. The third-order valence-corrected chi connectivity index (χ3v) is 4.20. The van der Waals surface area contributed by atoms with Crippen molar-refractivity contribution < 1.29 is 4.79 Å². The van der Waals surface area contributed by atoms with Crippen LogP contribution in [0.25, 0.3) is 0 Å². The summed E-state index contributed by atoms with van der Waals surface area (Å²) in [6, 6.07) is -0.0600. The van der Waals surface area contributed by atoms with E-state index in [4.69, 9.17) is 5.84 Å². The molecule has 0 saturated carbocycles. The molecule has 1 rings (SSSR count). The molecular weight excluding hydrogens is 222 g/mol. The zero-order chi connectivity index (χ0) is 12.2. The molecule has 0 spiro atoms. The molecule has 5 heteroatoms. The van der Waals surface area contributed by atoms with Crippen molar-refractivity contribution in [2.75, 3.05) is 18.8 Å². The lowest BCUT2D eigenvalue weighted by Crippen LogP contribution is -2.54. The number of thioether (sulfide) groups is 1. The molecule has 1 fully saturated rings. The minimum Gasteiger partial charge on any atom is -0.293 e. The summed E-state index contributed by atoms with van der Waals surface area (Å²) in [6.07, 6.45) is 1.88. The maximum atomic E-state index is 11.7. The van der Waals surface area contributed by atoms with Gasteiger partial charge in [-0.15, -0.1) is 0 Å². The second-order valence-corrected chi connectivity index (χ2v) is 6.69. The van der Waals surface area contributed by atoms with Crippen LogP contribution in [0, 0.1) is 0 Å². The predicted molar refractivity (Wildman–Crippen MR) is 69.1 cm³/mol. The highest BCUT2D eigenvalue weighted by molar-refractivity contribution is 8.00. The molecule has 0 aromatic heterocycles. The summed E-state index contributed by atoms with van der Waals surface area (Å²) in [5.41, 5.74) is 2.29. The number of nitrogens with two attached hydrogens (primary N) is 1. The minimum absolute atomic E-state index is 0.0513. The highest BCUT2D eigenvalue weighted by atomic mass is 32.2. The summed E-state index contributed by atoms with van der Waals surface area (Å²) in [5.74, 6) is 6.28. The van der Waals surface area contributed by atoms with Crippen LogP contribution in [-0.2, 0) is 4.79 Å². The van der Waals surface area contributed by atoms with Crippen LogP contribution in [0.1, 0.15) is 33.6 Å². The fourth-order valence-electron chi connectivity index (χ4n) is 2.17. The second-order valence-electron chi connectivity index (χ2n) is 4.89. The highest BCUT2D eigenvalue weighted by Crippen LogP contribution is 2.31. The van der Waals surface area contributed by atoms with Crippen LogP contribution in [0.2, 0.25) is 0 Å². The smallest absolute Gasteiger partial charge is 0.251 e. The molecule has 4 nitrogen and oxygen atoms in total. The molecule has 16 heavy (non-hydrogen) atoms. The van der Waals surface area contributed by atoms with E-state index in [9.17, 15) is 4.79 Å². The van der Waals surface area contributed by atoms with Crippen LogP contribution in [0.15, 0.2) is 0 Å². The van der Waals surface area contributed by atoms with Crippen LogP contribution >= 0.6 is 11.8 Å². The van der Waals surface area contributed by atoms with Crippen molar-refractivity contribution in [2.45, 2.75) is 44.4 Å².